The van der Waals surface area contributed by atoms with E-state index in [0.29, 0.717) is 12.8 Å². The van der Waals surface area contributed by atoms with Crippen LogP contribution in [0.5, 0.6) is 0 Å². The molecular formula is C10H20O4. The van der Waals surface area contributed by atoms with Crippen LogP contribution in [0.25, 0.3) is 0 Å². The Hall–Kier alpha value is -0.610. The zero-order chi connectivity index (χ0) is 10.8. The molecule has 0 radical (unpaired) electrons. The first kappa shape index (κ1) is 13.4. The zero-order valence-electron chi connectivity index (χ0n) is 8.48. The minimum Gasteiger partial charge on any atom is -0.481 e. The topological polar surface area (TPSA) is 77.8 Å². The molecule has 4 heteroatoms. The number of aliphatic carboxylic acids is 1. The Kier molecular flexibility index (Phi) is 8.57. The average molecular weight is 204 g/mol. The second kappa shape index (κ2) is 8.97. The maximum Gasteiger partial charge on any atom is 0.306 e. The third-order valence-electron chi connectivity index (χ3n) is 2.29. The van der Waals surface area contributed by atoms with E-state index in [0.717, 1.165) is 25.7 Å². The van der Waals surface area contributed by atoms with Gasteiger partial charge in [0.2, 0.25) is 0 Å². The zero-order valence-corrected chi connectivity index (χ0v) is 8.48. The largest absolute Gasteiger partial charge is 0.481 e. The van der Waals surface area contributed by atoms with E-state index in [1.54, 1.807) is 0 Å². The van der Waals surface area contributed by atoms with Crippen molar-refractivity contribution in [2.45, 2.75) is 38.5 Å². The molecule has 0 saturated carbocycles. The van der Waals surface area contributed by atoms with Gasteiger partial charge in [-0.15, -0.1) is 0 Å². The number of aliphatic hydroxyl groups is 2. The van der Waals surface area contributed by atoms with Crippen LogP contribution in [0.2, 0.25) is 0 Å². The summed E-state index contributed by atoms with van der Waals surface area (Å²) in [6, 6.07) is 0. The Labute approximate surface area is 84.6 Å². The second-order valence-electron chi connectivity index (χ2n) is 3.47. The summed E-state index contributed by atoms with van der Waals surface area (Å²) in [5, 5.41) is 25.9. The molecule has 1 atom stereocenters. The van der Waals surface area contributed by atoms with E-state index >= 15 is 0 Å². The molecule has 0 bridgehead atoms. The summed E-state index contributed by atoms with van der Waals surface area (Å²) in [5.41, 5.74) is 0. The van der Waals surface area contributed by atoms with Gasteiger partial charge in [-0.05, 0) is 19.3 Å². The highest BCUT2D eigenvalue weighted by atomic mass is 16.4. The summed E-state index contributed by atoms with van der Waals surface area (Å²) < 4.78 is 0. The summed E-state index contributed by atoms with van der Waals surface area (Å²) in [5.74, 6) is -1.23. The summed E-state index contributed by atoms with van der Waals surface area (Å²) in [7, 11) is 0. The number of rotatable bonds is 9. The lowest BCUT2D eigenvalue weighted by molar-refractivity contribution is -0.142. The molecular weight excluding hydrogens is 184 g/mol. The van der Waals surface area contributed by atoms with Gasteiger partial charge in [0.05, 0.1) is 5.92 Å². The fraction of sp³-hybridized carbons (Fsp3) is 0.900. The molecule has 0 aromatic carbocycles. The number of hydrogen-bond acceptors (Lipinski definition) is 3. The highest BCUT2D eigenvalue weighted by Gasteiger charge is 2.15. The van der Waals surface area contributed by atoms with Gasteiger partial charge in [0.1, 0.15) is 0 Å². The first-order valence-corrected chi connectivity index (χ1v) is 5.17. The molecule has 0 rings (SSSR count). The van der Waals surface area contributed by atoms with Crippen LogP contribution in [-0.4, -0.2) is 34.5 Å². The van der Waals surface area contributed by atoms with Gasteiger partial charge >= 0.3 is 5.97 Å². The molecule has 14 heavy (non-hydrogen) atoms. The van der Waals surface area contributed by atoms with E-state index in [-0.39, 0.29) is 13.2 Å². The van der Waals surface area contributed by atoms with Crippen LogP contribution in [0.4, 0.5) is 0 Å². The third-order valence-corrected chi connectivity index (χ3v) is 2.29. The predicted molar refractivity (Wildman–Crippen MR) is 53.0 cm³/mol. The van der Waals surface area contributed by atoms with Crippen molar-refractivity contribution in [3.05, 3.63) is 0 Å². The van der Waals surface area contributed by atoms with Crippen LogP contribution < -0.4 is 0 Å². The van der Waals surface area contributed by atoms with Crippen LogP contribution in [0.1, 0.15) is 38.5 Å². The van der Waals surface area contributed by atoms with Gasteiger partial charge in [-0.1, -0.05) is 19.3 Å². The van der Waals surface area contributed by atoms with Crippen molar-refractivity contribution in [3.8, 4) is 0 Å². The van der Waals surface area contributed by atoms with Crippen molar-refractivity contribution in [3.63, 3.8) is 0 Å². The highest BCUT2D eigenvalue weighted by Crippen LogP contribution is 2.14. The molecule has 84 valence electrons. The molecule has 4 nitrogen and oxygen atoms in total. The first-order valence-electron chi connectivity index (χ1n) is 5.17. The van der Waals surface area contributed by atoms with E-state index in [9.17, 15) is 4.79 Å². The lowest BCUT2D eigenvalue weighted by Crippen LogP contribution is -2.15. The number of hydrogen-bond donors (Lipinski definition) is 3. The van der Waals surface area contributed by atoms with Crippen LogP contribution in [0.15, 0.2) is 0 Å². The standard InChI is InChI=1S/C10H20O4/c11-7-4-2-1-3-5-9(6-8-12)10(13)14/h9,11-12H,1-8H2,(H,13,14). The molecule has 0 aliphatic heterocycles. The van der Waals surface area contributed by atoms with Crippen LogP contribution in [0, 0.1) is 5.92 Å². The summed E-state index contributed by atoms with van der Waals surface area (Å²) >= 11 is 0. The predicted octanol–water partition coefficient (Wildman–Crippen LogP) is 1.01. The Balaban J connectivity index is 3.46. The fourth-order valence-electron chi connectivity index (χ4n) is 1.40. The van der Waals surface area contributed by atoms with Crippen molar-refractivity contribution in [2.24, 2.45) is 5.92 Å². The monoisotopic (exact) mass is 204 g/mol. The molecule has 1 unspecified atom stereocenters. The van der Waals surface area contributed by atoms with Crippen molar-refractivity contribution in [1.29, 1.82) is 0 Å². The van der Waals surface area contributed by atoms with Crippen LogP contribution in [-0.2, 0) is 4.79 Å². The molecule has 0 aromatic heterocycles. The number of aliphatic hydroxyl groups excluding tert-OH is 2. The Bertz CT molecular complexity index is 147. The molecule has 0 aromatic rings. The van der Waals surface area contributed by atoms with E-state index in [1.807, 2.05) is 0 Å². The van der Waals surface area contributed by atoms with Gasteiger partial charge in [-0.2, -0.15) is 0 Å². The molecule has 0 fully saturated rings. The van der Waals surface area contributed by atoms with Crippen LogP contribution in [0.3, 0.4) is 0 Å². The average Bonchev–Trinajstić information content (AvgIpc) is 2.15. The Morgan fingerprint density at radius 2 is 1.57 bits per heavy atom. The van der Waals surface area contributed by atoms with E-state index in [2.05, 4.69) is 0 Å². The maximum absolute atomic E-state index is 10.7. The molecule has 0 saturated heterocycles. The highest BCUT2D eigenvalue weighted by molar-refractivity contribution is 5.69. The number of carboxylic acid groups (broad SMARTS) is 1. The van der Waals surface area contributed by atoms with Gasteiger partial charge in [0, 0.05) is 13.2 Å². The van der Waals surface area contributed by atoms with Gasteiger partial charge in [-0.3, -0.25) is 4.79 Å². The summed E-state index contributed by atoms with van der Waals surface area (Å²) in [4.78, 5) is 10.7. The van der Waals surface area contributed by atoms with Gasteiger partial charge in [0.25, 0.3) is 0 Å². The Morgan fingerprint density at radius 3 is 2.07 bits per heavy atom. The van der Waals surface area contributed by atoms with Crippen molar-refractivity contribution in [1.82, 2.24) is 0 Å². The number of carbonyl (C=O) groups is 1. The third kappa shape index (κ3) is 6.86. The van der Waals surface area contributed by atoms with Crippen LogP contribution >= 0.6 is 0 Å². The second-order valence-corrected chi connectivity index (χ2v) is 3.47. The quantitative estimate of drug-likeness (QED) is 0.490. The summed E-state index contributed by atoms with van der Waals surface area (Å²) in [6.45, 7) is 0.145. The number of unbranched alkanes of at least 4 members (excludes halogenated alkanes) is 3. The fourth-order valence-corrected chi connectivity index (χ4v) is 1.40. The lowest BCUT2D eigenvalue weighted by Gasteiger charge is -2.09. The summed E-state index contributed by atoms with van der Waals surface area (Å²) in [6.07, 6.45) is 4.52. The van der Waals surface area contributed by atoms with Gasteiger partial charge in [0.15, 0.2) is 0 Å². The molecule has 0 spiro atoms. The normalized spacial score (nSPS) is 12.7. The van der Waals surface area contributed by atoms with Crippen molar-refractivity contribution >= 4 is 5.97 Å². The molecule has 0 aliphatic carbocycles. The SMILES string of the molecule is O=C(O)C(CCO)CCCCCCO. The first-order chi connectivity index (χ1) is 6.72. The van der Waals surface area contributed by atoms with Gasteiger partial charge < -0.3 is 15.3 Å². The number of carboxylic acids is 1. The molecule has 0 aliphatic rings. The minimum atomic E-state index is -0.818. The van der Waals surface area contributed by atoms with E-state index < -0.39 is 11.9 Å². The smallest absolute Gasteiger partial charge is 0.306 e. The van der Waals surface area contributed by atoms with Gasteiger partial charge in [-0.25, -0.2) is 0 Å². The molecule has 3 N–H and O–H groups in total. The Morgan fingerprint density at radius 1 is 0.929 bits per heavy atom. The van der Waals surface area contributed by atoms with Crippen molar-refractivity contribution in [2.75, 3.05) is 13.2 Å². The van der Waals surface area contributed by atoms with Crippen molar-refractivity contribution < 1.29 is 20.1 Å². The molecule has 0 heterocycles. The van der Waals surface area contributed by atoms with E-state index in [1.165, 1.54) is 0 Å². The maximum atomic E-state index is 10.7. The lowest BCUT2D eigenvalue weighted by atomic mass is 9.98. The molecule has 0 amide bonds. The minimum absolute atomic E-state index is 0.0619. The van der Waals surface area contributed by atoms with E-state index in [4.69, 9.17) is 15.3 Å².